The van der Waals surface area contributed by atoms with Crippen molar-refractivity contribution in [2.45, 2.75) is 17.9 Å². The van der Waals surface area contributed by atoms with Gasteiger partial charge in [-0.3, -0.25) is 9.71 Å². The van der Waals surface area contributed by atoms with Crippen LogP contribution in [-0.4, -0.2) is 23.4 Å². The van der Waals surface area contributed by atoms with Crippen molar-refractivity contribution in [1.82, 2.24) is 15.0 Å². The number of sulfonamides is 1. The molecule has 31 heavy (non-hydrogen) atoms. The van der Waals surface area contributed by atoms with Gasteiger partial charge in [0.25, 0.3) is 10.0 Å². The molecular weight excluding hydrogens is 457 g/mol. The first-order valence-electron chi connectivity index (χ1n) is 9.25. The van der Waals surface area contributed by atoms with Gasteiger partial charge in [0.2, 0.25) is 0 Å². The first-order valence-corrected chi connectivity index (χ1v) is 11.5. The van der Waals surface area contributed by atoms with Gasteiger partial charge >= 0.3 is 0 Å². The third kappa shape index (κ3) is 4.56. The van der Waals surface area contributed by atoms with E-state index in [0.29, 0.717) is 11.0 Å². The predicted molar refractivity (Wildman–Crippen MR) is 123 cm³/mol. The minimum absolute atomic E-state index is 0.0467. The highest BCUT2D eigenvalue weighted by Crippen LogP contribution is 2.32. The van der Waals surface area contributed by atoms with Crippen molar-refractivity contribution in [3.8, 4) is 0 Å². The lowest BCUT2D eigenvalue weighted by Gasteiger charge is -2.18. The minimum atomic E-state index is -4.08. The number of nitrogens with one attached hydrogen (secondary N) is 2. The molecular formula is C21H17Cl2N5O2S. The summed E-state index contributed by atoms with van der Waals surface area (Å²) < 4.78 is 28.6. The van der Waals surface area contributed by atoms with Gasteiger partial charge < -0.3 is 5.32 Å². The molecule has 2 heterocycles. The number of aromatic nitrogens is 3. The highest BCUT2D eigenvalue weighted by atomic mass is 35.5. The van der Waals surface area contributed by atoms with Crippen LogP contribution in [-0.2, 0) is 10.0 Å². The zero-order valence-electron chi connectivity index (χ0n) is 16.3. The summed E-state index contributed by atoms with van der Waals surface area (Å²) in [4.78, 5) is 13.0. The van der Waals surface area contributed by atoms with E-state index in [4.69, 9.17) is 23.2 Å². The molecule has 1 atom stereocenters. The quantitative estimate of drug-likeness (QED) is 0.393. The monoisotopic (exact) mass is 473 g/mol. The largest absolute Gasteiger partial charge is 0.360 e. The van der Waals surface area contributed by atoms with Gasteiger partial charge in [-0.15, -0.1) is 0 Å². The predicted octanol–water partition coefficient (Wildman–Crippen LogP) is 5.31. The second-order valence-electron chi connectivity index (χ2n) is 6.72. The van der Waals surface area contributed by atoms with E-state index in [1.807, 2.05) is 25.1 Å². The van der Waals surface area contributed by atoms with Crippen LogP contribution >= 0.6 is 23.2 Å². The molecule has 2 N–H and O–H groups in total. The number of rotatable bonds is 6. The fraction of sp³-hybridized carbons (Fsp3) is 0.0952. The lowest BCUT2D eigenvalue weighted by Crippen LogP contribution is -2.18. The Labute approximate surface area is 189 Å². The number of para-hydroxylation sites is 2. The summed E-state index contributed by atoms with van der Waals surface area (Å²) in [5.41, 5.74) is 2.06. The molecule has 0 saturated heterocycles. The van der Waals surface area contributed by atoms with Gasteiger partial charge in [0, 0.05) is 12.4 Å². The molecule has 10 heteroatoms. The maximum Gasteiger partial charge on any atom is 0.264 e. The van der Waals surface area contributed by atoms with Crippen molar-refractivity contribution in [2.24, 2.45) is 0 Å². The molecule has 0 amide bonds. The lowest BCUT2D eigenvalue weighted by atomic mass is 10.1. The van der Waals surface area contributed by atoms with Crippen molar-refractivity contribution in [3.63, 3.8) is 0 Å². The number of fused-ring (bicyclic) bond motifs is 1. The smallest absolute Gasteiger partial charge is 0.264 e. The topological polar surface area (TPSA) is 96.9 Å². The Balaban J connectivity index is 1.77. The summed E-state index contributed by atoms with van der Waals surface area (Å²) in [5, 5.41) is 3.29. The summed E-state index contributed by atoms with van der Waals surface area (Å²) in [5.74, 6) is 0.322. The van der Waals surface area contributed by atoms with Crippen LogP contribution in [0.4, 0.5) is 11.6 Å². The van der Waals surface area contributed by atoms with Crippen molar-refractivity contribution < 1.29 is 8.42 Å². The first kappa shape index (κ1) is 21.3. The summed E-state index contributed by atoms with van der Waals surface area (Å²) >= 11 is 12.1. The molecule has 7 nitrogen and oxygen atoms in total. The number of nitrogens with zero attached hydrogens (tertiary/aromatic N) is 3. The van der Waals surface area contributed by atoms with Crippen LogP contribution in [0, 0.1) is 0 Å². The molecule has 0 radical (unpaired) electrons. The van der Waals surface area contributed by atoms with Gasteiger partial charge in [0.15, 0.2) is 11.6 Å². The van der Waals surface area contributed by atoms with Gasteiger partial charge in [0.1, 0.15) is 4.90 Å². The Bertz CT molecular complexity index is 1350. The average molecular weight is 474 g/mol. The number of hydrogen-bond donors (Lipinski definition) is 2. The lowest BCUT2D eigenvalue weighted by molar-refractivity contribution is 0.601. The van der Waals surface area contributed by atoms with E-state index < -0.39 is 10.0 Å². The molecule has 2 aromatic heterocycles. The van der Waals surface area contributed by atoms with Crippen molar-refractivity contribution in [3.05, 3.63) is 82.6 Å². The Morgan fingerprint density at radius 3 is 2.29 bits per heavy atom. The molecule has 0 saturated carbocycles. The molecule has 4 aromatic rings. The molecule has 158 valence electrons. The molecule has 2 aromatic carbocycles. The van der Waals surface area contributed by atoms with E-state index in [2.05, 4.69) is 25.0 Å². The average Bonchev–Trinajstić information content (AvgIpc) is 2.76. The summed E-state index contributed by atoms with van der Waals surface area (Å²) in [6.45, 7) is 1.92. The summed E-state index contributed by atoms with van der Waals surface area (Å²) in [6, 6.07) is 15.1. The normalized spacial score (nSPS) is 12.5. The molecule has 0 aliphatic rings. The SMILES string of the molecule is CC(Nc1nc2ccccc2nc1NS(=O)(=O)c1cccc(Cl)c1Cl)c1cccnc1. The molecule has 4 rings (SSSR count). The fourth-order valence-electron chi connectivity index (χ4n) is 2.97. The van der Waals surface area contributed by atoms with Gasteiger partial charge in [-0.2, -0.15) is 0 Å². The fourth-order valence-corrected chi connectivity index (χ4v) is 4.74. The van der Waals surface area contributed by atoms with Crippen LogP contribution in [0.2, 0.25) is 10.0 Å². The zero-order chi connectivity index (χ0) is 22.0. The van der Waals surface area contributed by atoms with E-state index in [0.717, 1.165) is 5.56 Å². The number of hydrogen-bond acceptors (Lipinski definition) is 6. The van der Waals surface area contributed by atoms with Crippen molar-refractivity contribution in [1.29, 1.82) is 0 Å². The third-order valence-corrected chi connectivity index (χ3v) is 6.86. The van der Waals surface area contributed by atoms with Crippen LogP contribution in [0.15, 0.2) is 71.9 Å². The van der Waals surface area contributed by atoms with Gasteiger partial charge in [-0.25, -0.2) is 18.4 Å². The minimum Gasteiger partial charge on any atom is -0.360 e. The Kier molecular flexibility index (Phi) is 5.95. The van der Waals surface area contributed by atoms with Crippen LogP contribution in [0.25, 0.3) is 11.0 Å². The van der Waals surface area contributed by atoms with E-state index in [9.17, 15) is 8.42 Å². The number of pyridine rings is 1. The van der Waals surface area contributed by atoms with E-state index in [-0.39, 0.29) is 32.6 Å². The van der Waals surface area contributed by atoms with Crippen molar-refractivity contribution in [2.75, 3.05) is 10.0 Å². The van der Waals surface area contributed by atoms with Crippen LogP contribution in [0.5, 0.6) is 0 Å². The zero-order valence-corrected chi connectivity index (χ0v) is 18.6. The van der Waals surface area contributed by atoms with Gasteiger partial charge in [-0.1, -0.05) is 47.5 Å². The molecule has 0 aliphatic heterocycles. The number of halogens is 2. The van der Waals surface area contributed by atoms with Crippen LogP contribution in [0.1, 0.15) is 18.5 Å². The molecule has 0 fully saturated rings. The maximum atomic E-state index is 13.1. The van der Waals surface area contributed by atoms with Crippen molar-refractivity contribution >= 4 is 55.9 Å². The van der Waals surface area contributed by atoms with Crippen LogP contribution in [0.3, 0.4) is 0 Å². The van der Waals surface area contributed by atoms with Gasteiger partial charge in [0.05, 0.1) is 27.1 Å². The number of anilines is 2. The first-order chi connectivity index (χ1) is 14.8. The Morgan fingerprint density at radius 2 is 1.61 bits per heavy atom. The van der Waals surface area contributed by atoms with Gasteiger partial charge in [-0.05, 0) is 42.8 Å². The Morgan fingerprint density at radius 1 is 0.903 bits per heavy atom. The molecule has 0 bridgehead atoms. The maximum absolute atomic E-state index is 13.1. The second-order valence-corrected chi connectivity index (χ2v) is 9.16. The Hall–Kier alpha value is -2.94. The number of benzene rings is 2. The van der Waals surface area contributed by atoms with Crippen LogP contribution < -0.4 is 10.0 Å². The highest BCUT2D eigenvalue weighted by molar-refractivity contribution is 7.92. The van der Waals surface area contributed by atoms with E-state index in [1.165, 1.54) is 18.2 Å². The second kappa shape index (κ2) is 8.66. The summed E-state index contributed by atoms with van der Waals surface area (Å²) in [6.07, 6.45) is 3.40. The standard InChI is InChI=1S/C21H17Cl2N5O2S/c1-13(14-6-5-11-24-12-14)25-20-21(27-17-9-3-2-8-16(17)26-20)28-31(29,30)18-10-4-7-15(22)19(18)23/h2-13H,1H3,(H,25,26)(H,27,28). The molecule has 0 aliphatic carbocycles. The third-order valence-electron chi connectivity index (χ3n) is 4.54. The highest BCUT2D eigenvalue weighted by Gasteiger charge is 2.23. The van der Waals surface area contributed by atoms with E-state index >= 15 is 0 Å². The molecule has 0 spiro atoms. The summed E-state index contributed by atoms with van der Waals surface area (Å²) in [7, 11) is -4.08. The van der Waals surface area contributed by atoms with E-state index in [1.54, 1.807) is 30.6 Å². The molecule has 1 unspecified atom stereocenters.